The predicted molar refractivity (Wildman–Crippen MR) is 117 cm³/mol. The lowest BCUT2D eigenvalue weighted by atomic mass is 10.1. The Bertz CT molecular complexity index is 1060. The van der Waals surface area contributed by atoms with Crippen molar-refractivity contribution in [2.75, 3.05) is 5.32 Å². The molecule has 5 nitrogen and oxygen atoms in total. The van der Waals surface area contributed by atoms with Gasteiger partial charge in [0.1, 0.15) is 5.82 Å². The summed E-state index contributed by atoms with van der Waals surface area (Å²) in [6.45, 7) is 3.47. The molecule has 4 aromatic rings. The Labute approximate surface area is 169 Å². The summed E-state index contributed by atoms with van der Waals surface area (Å²) in [7, 11) is 0. The second-order valence-electron chi connectivity index (χ2n) is 6.42. The van der Waals surface area contributed by atoms with Gasteiger partial charge < -0.3 is 15.6 Å². The van der Waals surface area contributed by atoms with Gasteiger partial charge in [-0.1, -0.05) is 67.2 Å². The topological polar surface area (TPSA) is 69.8 Å². The number of hydrogen-bond acceptors (Lipinski definition) is 2. The molecule has 0 saturated heterocycles. The van der Waals surface area contributed by atoms with Gasteiger partial charge in [0.05, 0.1) is 11.4 Å². The molecule has 5 heteroatoms. The third-order valence-electron chi connectivity index (χ3n) is 4.46. The molecule has 0 atom stereocenters. The summed E-state index contributed by atoms with van der Waals surface area (Å²) in [5.41, 5.74) is 5.61. The maximum atomic E-state index is 11.6. The molecule has 0 aliphatic carbocycles. The van der Waals surface area contributed by atoms with Crippen LogP contribution in [-0.2, 0) is 0 Å². The highest BCUT2D eigenvalue weighted by molar-refractivity contribution is 5.90. The average molecular weight is 380 g/mol. The van der Waals surface area contributed by atoms with Crippen LogP contribution in [0.1, 0.15) is 0 Å². The summed E-state index contributed by atoms with van der Waals surface area (Å²) in [5, 5.41) is 5.22. The monoisotopic (exact) mass is 380 g/mol. The van der Waals surface area contributed by atoms with Crippen LogP contribution >= 0.6 is 0 Å². The molecule has 0 radical (unpaired) electrons. The van der Waals surface area contributed by atoms with E-state index in [0.717, 1.165) is 33.9 Å². The van der Waals surface area contributed by atoms with E-state index in [9.17, 15) is 4.79 Å². The van der Waals surface area contributed by atoms with Crippen LogP contribution in [0.4, 0.5) is 10.5 Å². The number of benzene rings is 3. The highest BCUT2D eigenvalue weighted by atomic mass is 16.2. The fraction of sp³-hybridized carbons (Fsp3) is 0. The number of aromatic nitrogens is 2. The van der Waals surface area contributed by atoms with Gasteiger partial charge in [-0.05, 0) is 30.5 Å². The van der Waals surface area contributed by atoms with Crippen molar-refractivity contribution in [2.24, 2.45) is 0 Å². The first kappa shape index (κ1) is 18.3. The number of amides is 2. The number of carbonyl (C=O) groups is 1. The summed E-state index contributed by atoms with van der Waals surface area (Å²) in [6.07, 6.45) is 1.34. The molecular formula is C24H20N4O. The lowest BCUT2D eigenvalue weighted by molar-refractivity contribution is 0.255. The first-order valence-electron chi connectivity index (χ1n) is 9.24. The van der Waals surface area contributed by atoms with E-state index in [1.165, 1.54) is 6.20 Å². The van der Waals surface area contributed by atoms with Crippen LogP contribution in [0.2, 0.25) is 0 Å². The molecule has 1 aromatic heterocycles. The molecule has 142 valence electrons. The Morgan fingerprint density at radius 1 is 0.828 bits per heavy atom. The van der Waals surface area contributed by atoms with Gasteiger partial charge in [0, 0.05) is 22.4 Å². The van der Waals surface area contributed by atoms with Crippen LogP contribution in [-0.4, -0.2) is 16.0 Å². The number of carbonyl (C=O) groups excluding carboxylic acids is 1. The smallest absolute Gasteiger partial charge is 0.323 e. The molecule has 29 heavy (non-hydrogen) atoms. The number of urea groups is 1. The fourth-order valence-corrected chi connectivity index (χ4v) is 3.10. The zero-order valence-electron chi connectivity index (χ0n) is 15.7. The Kier molecular flexibility index (Phi) is 5.21. The van der Waals surface area contributed by atoms with Crippen LogP contribution in [0.3, 0.4) is 0 Å². The van der Waals surface area contributed by atoms with Gasteiger partial charge >= 0.3 is 6.03 Å². The van der Waals surface area contributed by atoms with E-state index in [-0.39, 0.29) is 6.03 Å². The quantitative estimate of drug-likeness (QED) is 0.417. The zero-order valence-corrected chi connectivity index (χ0v) is 15.7. The molecule has 2 amide bonds. The summed E-state index contributed by atoms with van der Waals surface area (Å²) in [4.78, 5) is 20.0. The van der Waals surface area contributed by atoms with E-state index in [4.69, 9.17) is 4.98 Å². The molecule has 0 spiro atoms. The van der Waals surface area contributed by atoms with E-state index in [2.05, 4.69) is 46.5 Å². The summed E-state index contributed by atoms with van der Waals surface area (Å²) in [6, 6.07) is 27.5. The third kappa shape index (κ3) is 4.09. The number of rotatable bonds is 5. The number of nitrogens with one attached hydrogen (secondary N) is 3. The van der Waals surface area contributed by atoms with Gasteiger partial charge in [-0.2, -0.15) is 0 Å². The Morgan fingerprint density at radius 2 is 1.45 bits per heavy atom. The van der Waals surface area contributed by atoms with Gasteiger partial charge in [0.25, 0.3) is 0 Å². The summed E-state index contributed by atoms with van der Waals surface area (Å²) in [5.74, 6) is 0.768. The lowest BCUT2D eigenvalue weighted by Gasteiger charge is -2.05. The maximum absolute atomic E-state index is 11.6. The molecular weight excluding hydrogens is 360 g/mol. The van der Waals surface area contributed by atoms with Gasteiger partial charge in [-0.15, -0.1) is 0 Å². The van der Waals surface area contributed by atoms with Crippen LogP contribution in [0.15, 0.2) is 97.7 Å². The minimum atomic E-state index is -0.330. The molecule has 0 aliphatic rings. The minimum Gasteiger partial charge on any atom is -0.337 e. The number of H-pyrrole nitrogens is 1. The van der Waals surface area contributed by atoms with Crippen molar-refractivity contribution >= 4 is 11.7 Å². The zero-order chi connectivity index (χ0) is 20.1. The molecule has 3 aromatic carbocycles. The van der Waals surface area contributed by atoms with Crippen molar-refractivity contribution in [3.63, 3.8) is 0 Å². The third-order valence-corrected chi connectivity index (χ3v) is 4.46. The highest BCUT2D eigenvalue weighted by Crippen LogP contribution is 2.33. The normalized spacial score (nSPS) is 10.3. The second-order valence-corrected chi connectivity index (χ2v) is 6.42. The van der Waals surface area contributed by atoms with E-state index in [1.807, 2.05) is 60.7 Å². The van der Waals surface area contributed by atoms with E-state index >= 15 is 0 Å². The van der Waals surface area contributed by atoms with Gasteiger partial charge in [-0.25, -0.2) is 9.78 Å². The van der Waals surface area contributed by atoms with Crippen molar-refractivity contribution in [1.29, 1.82) is 0 Å². The molecule has 4 rings (SSSR count). The maximum Gasteiger partial charge on any atom is 0.323 e. The number of anilines is 1. The largest absolute Gasteiger partial charge is 0.337 e. The number of imidazole rings is 1. The molecule has 0 aliphatic heterocycles. The van der Waals surface area contributed by atoms with Crippen molar-refractivity contribution in [3.8, 4) is 33.9 Å². The number of hydrogen-bond donors (Lipinski definition) is 3. The SMILES string of the molecule is C=CNC(=O)Nc1ccc(-c2nc(-c3ccccc3)c(-c3ccccc3)[nH]2)cc1. The molecule has 0 fully saturated rings. The molecule has 0 unspecified atom stereocenters. The Hall–Kier alpha value is -4.12. The van der Waals surface area contributed by atoms with Crippen LogP contribution < -0.4 is 10.6 Å². The molecule has 3 N–H and O–H groups in total. The van der Waals surface area contributed by atoms with Crippen LogP contribution in [0, 0.1) is 0 Å². The van der Waals surface area contributed by atoms with Crippen molar-refractivity contribution in [1.82, 2.24) is 15.3 Å². The summed E-state index contributed by atoms with van der Waals surface area (Å²) >= 11 is 0. The Morgan fingerprint density at radius 3 is 2.07 bits per heavy atom. The second kappa shape index (κ2) is 8.27. The standard InChI is InChI=1S/C24H20N4O/c1-2-25-24(29)26-20-15-13-19(14-16-20)23-27-21(17-9-5-3-6-10-17)22(28-23)18-11-7-4-8-12-18/h2-16H,1H2,(H,27,28)(H2,25,26,29). The number of nitrogens with zero attached hydrogens (tertiary/aromatic N) is 1. The van der Waals surface area contributed by atoms with Gasteiger partial charge in [0.15, 0.2) is 0 Å². The average Bonchev–Trinajstić information content (AvgIpc) is 3.21. The summed E-state index contributed by atoms with van der Waals surface area (Å²) < 4.78 is 0. The first-order valence-corrected chi connectivity index (χ1v) is 9.24. The van der Waals surface area contributed by atoms with E-state index in [1.54, 1.807) is 0 Å². The van der Waals surface area contributed by atoms with Crippen molar-refractivity contribution in [2.45, 2.75) is 0 Å². The first-order chi connectivity index (χ1) is 14.2. The fourth-order valence-electron chi connectivity index (χ4n) is 3.10. The highest BCUT2D eigenvalue weighted by Gasteiger charge is 2.15. The van der Waals surface area contributed by atoms with Crippen molar-refractivity contribution in [3.05, 3.63) is 97.7 Å². The van der Waals surface area contributed by atoms with Crippen molar-refractivity contribution < 1.29 is 4.79 Å². The van der Waals surface area contributed by atoms with Crippen LogP contribution in [0.25, 0.3) is 33.9 Å². The molecule has 1 heterocycles. The molecule has 0 saturated carbocycles. The Balaban J connectivity index is 1.71. The molecule has 0 bridgehead atoms. The predicted octanol–water partition coefficient (Wildman–Crippen LogP) is 5.68. The lowest BCUT2D eigenvalue weighted by Crippen LogP contribution is -2.23. The van der Waals surface area contributed by atoms with Crippen LogP contribution in [0.5, 0.6) is 0 Å². The minimum absolute atomic E-state index is 0.330. The van der Waals surface area contributed by atoms with Gasteiger partial charge in [0.2, 0.25) is 0 Å². The van der Waals surface area contributed by atoms with Gasteiger partial charge in [-0.3, -0.25) is 0 Å². The number of aromatic amines is 1. The van der Waals surface area contributed by atoms with E-state index in [0.29, 0.717) is 5.69 Å². The van der Waals surface area contributed by atoms with E-state index < -0.39 is 0 Å².